The Morgan fingerprint density at radius 2 is 1.87 bits per heavy atom. The Hall–Kier alpha value is -2.24. The second kappa shape index (κ2) is 6.48. The molecular weight excluding hydrogens is 298 g/mol. The van der Waals surface area contributed by atoms with Crippen molar-refractivity contribution in [2.75, 3.05) is 13.6 Å². The highest BCUT2D eigenvalue weighted by atomic mass is 19.2. The number of aliphatic hydroxyl groups is 1. The van der Waals surface area contributed by atoms with Crippen molar-refractivity contribution in [2.24, 2.45) is 0 Å². The molecule has 0 aliphatic heterocycles. The lowest BCUT2D eigenvalue weighted by Gasteiger charge is -2.26. The molecule has 2 N–H and O–H groups in total. The molecule has 0 saturated carbocycles. The number of fused-ring (bicyclic) bond motifs is 1. The average molecular weight is 316 g/mol. The summed E-state index contributed by atoms with van der Waals surface area (Å²) >= 11 is 0. The molecule has 2 unspecified atom stereocenters. The standard InChI is InChI=1S/C18H18F2N2O/c1-21-11-17(23)18(13-6-7-14(19)15(20)10-13)22-9-8-12-4-2-3-5-16(12)22/h2-10,17-18,21,23H,11H2,1H3. The zero-order valence-corrected chi connectivity index (χ0v) is 12.7. The van der Waals surface area contributed by atoms with Gasteiger partial charge in [0.2, 0.25) is 0 Å². The molecule has 0 spiro atoms. The summed E-state index contributed by atoms with van der Waals surface area (Å²) in [5, 5.41) is 14.5. The van der Waals surface area contributed by atoms with Crippen LogP contribution in [0.4, 0.5) is 8.78 Å². The van der Waals surface area contributed by atoms with Gasteiger partial charge < -0.3 is 15.0 Å². The number of aromatic nitrogens is 1. The molecule has 23 heavy (non-hydrogen) atoms. The number of nitrogens with one attached hydrogen (secondary N) is 1. The fraction of sp³-hybridized carbons (Fsp3) is 0.222. The molecule has 5 heteroatoms. The monoisotopic (exact) mass is 316 g/mol. The molecule has 3 rings (SSSR count). The quantitative estimate of drug-likeness (QED) is 0.759. The van der Waals surface area contributed by atoms with E-state index in [0.717, 1.165) is 23.0 Å². The summed E-state index contributed by atoms with van der Waals surface area (Å²) in [4.78, 5) is 0. The minimum absolute atomic E-state index is 0.330. The minimum atomic E-state index is -0.916. The second-order valence-corrected chi connectivity index (χ2v) is 5.53. The SMILES string of the molecule is CNCC(O)C(c1ccc(F)c(F)c1)n1ccc2ccccc21. The lowest BCUT2D eigenvalue weighted by atomic mass is 10.00. The van der Waals surface area contributed by atoms with Gasteiger partial charge in [0.05, 0.1) is 12.1 Å². The minimum Gasteiger partial charge on any atom is -0.389 e. The molecule has 1 aromatic heterocycles. The maximum absolute atomic E-state index is 13.7. The lowest BCUT2D eigenvalue weighted by Crippen LogP contribution is -2.33. The van der Waals surface area contributed by atoms with Gasteiger partial charge in [-0.15, -0.1) is 0 Å². The second-order valence-electron chi connectivity index (χ2n) is 5.53. The number of nitrogens with zero attached hydrogens (tertiary/aromatic N) is 1. The maximum Gasteiger partial charge on any atom is 0.159 e. The molecule has 0 amide bonds. The van der Waals surface area contributed by atoms with Crippen LogP contribution in [0.2, 0.25) is 0 Å². The summed E-state index contributed by atoms with van der Waals surface area (Å²) in [6.07, 6.45) is 1.07. The molecule has 0 saturated heterocycles. The van der Waals surface area contributed by atoms with E-state index in [9.17, 15) is 13.9 Å². The van der Waals surface area contributed by atoms with Crippen molar-refractivity contribution < 1.29 is 13.9 Å². The topological polar surface area (TPSA) is 37.2 Å². The summed E-state index contributed by atoms with van der Waals surface area (Å²) < 4.78 is 28.8. The van der Waals surface area contributed by atoms with E-state index in [-0.39, 0.29) is 0 Å². The van der Waals surface area contributed by atoms with Gasteiger partial charge in [-0.1, -0.05) is 24.3 Å². The van der Waals surface area contributed by atoms with Gasteiger partial charge in [-0.3, -0.25) is 0 Å². The van der Waals surface area contributed by atoms with Crippen molar-refractivity contribution in [3.8, 4) is 0 Å². The number of hydrogen-bond donors (Lipinski definition) is 2. The Morgan fingerprint density at radius 1 is 1.09 bits per heavy atom. The summed E-state index contributed by atoms with van der Waals surface area (Å²) in [5.74, 6) is -1.81. The van der Waals surface area contributed by atoms with Crippen LogP contribution in [-0.2, 0) is 0 Å². The van der Waals surface area contributed by atoms with Crippen molar-refractivity contribution in [2.45, 2.75) is 12.1 Å². The van der Waals surface area contributed by atoms with Crippen molar-refractivity contribution in [1.29, 1.82) is 0 Å². The highest BCUT2D eigenvalue weighted by molar-refractivity contribution is 5.80. The number of para-hydroxylation sites is 1. The van der Waals surface area contributed by atoms with E-state index in [1.807, 2.05) is 41.1 Å². The van der Waals surface area contributed by atoms with Crippen LogP contribution in [0.15, 0.2) is 54.7 Å². The number of benzene rings is 2. The fourth-order valence-electron chi connectivity index (χ4n) is 2.93. The molecule has 0 fully saturated rings. The third-order valence-electron chi connectivity index (χ3n) is 3.99. The molecule has 2 atom stereocenters. The summed E-state index contributed by atoms with van der Waals surface area (Å²) in [6, 6.07) is 12.9. The third-order valence-corrected chi connectivity index (χ3v) is 3.99. The predicted molar refractivity (Wildman–Crippen MR) is 86.4 cm³/mol. The van der Waals surface area contributed by atoms with Crippen molar-refractivity contribution >= 4 is 10.9 Å². The van der Waals surface area contributed by atoms with E-state index in [0.29, 0.717) is 12.1 Å². The van der Waals surface area contributed by atoms with Crippen LogP contribution in [0.5, 0.6) is 0 Å². The third kappa shape index (κ3) is 2.98. The van der Waals surface area contributed by atoms with Gasteiger partial charge in [0.15, 0.2) is 11.6 Å². The van der Waals surface area contributed by atoms with Gasteiger partial charge >= 0.3 is 0 Å². The van der Waals surface area contributed by atoms with Crippen molar-refractivity contribution in [3.63, 3.8) is 0 Å². The van der Waals surface area contributed by atoms with E-state index < -0.39 is 23.8 Å². The predicted octanol–water partition coefficient (Wildman–Crippen LogP) is 3.09. The summed E-state index contributed by atoms with van der Waals surface area (Å²) in [5.41, 5.74) is 1.45. The summed E-state index contributed by atoms with van der Waals surface area (Å²) in [6.45, 7) is 0.330. The Morgan fingerprint density at radius 3 is 2.61 bits per heavy atom. The van der Waals surface area contributed by atoms with E-state index in [4.69, 9.17) is 0 Å². The molecule has 1 heterocycles. The van der Waals surface area contributed by atoms with Crippen LogP contribution in [0.3, 0.4) is 0 Å². The maximum atomic E-state index is 13.7. The average Bonchev–Trinajstić information content (AvgIpc) is 2.95. The fourth-order valence-corrected chi connectivity index (χ4v) is 2.93. The van der Waals surface area contributed by atoms with E-state index in [2.05, 4.69) is 5.32 Å². The van der Waals surface area contributed by atoms with E-state index in [1.165, 1.54) is 6.07 Å². The number of rotatable bonds is 5. The first-order chi connectivity index (χ1) is 11.1. The van der Waals surface area contributed by atoms with Gasteiger partial charge in [-0.25, -0.2) is 8.78 Å². The van der Waals surface area contributed by atoms with Gasteiger partial charge in [-0.05, 0) is 42.3 Å². The van der Waals surface area contributed by atoms with E-state index >= 15 is 0 Å². The Kier molecular flexibility index (Phi) is 4.41. The van der Waals surface area contributed by atoms with Gasteiger partial charge in [0, 0.05) is 18.3 Å². The van der Waals surface area contributed by atoms with Crippen LogP contribution in [0, 0.1) is 11.6 Å². The van der Waals surface area contributed by atoms with Crippen molar-refractivity contribution in [3.05, 3.63) is 71.9 Å². The van der Waals surface area contributed by atoms with Gasteiger partial charge in [0.1, 0.15) is 0 Å². The Balaban J connectivity index is 2.13. The van der Waals surface area contributed by atoms with E-state index in [1.54, 1.807) is 7.05 Å². The largest absolute Gasteiger partial charge is 0.389 e. The van der Waals surface area contributed by atoms with Crippen LogP contribution in [-0.4, -0.2) is 29.4 Å². The number of hydrogen-bond acceptors (Lipinski definition) is 2. The molecule has 0 radical (unpaired) electrons. The highest BCUT2D eigenvalue weighted by Crippen LogP contribution is 2.28. The van der Waals surface area contributed by atoms with Crippen molar-refractivity contribution in [1.82, 2.24) is 9.88 Å². The van der Waals surface area contributed by atoms with Crippen LogP contribution in [0.1, 0.15) is 11.6 Å². The number of aliphatic hydroxyl groups excluding tert-OH is 1. The lowest BCUT2D eigenvalue weighted by molar-refractivity contribution is 0.132. The molecule has 3 aromatic rings. The Labute approximate surface area is 133 Å². The molecule has 0 bridgehead atoms. The number of halogens is 2. The first-order valence-electron chi connectivity index (χ1n) is 7.45. The number of likely N-dealkylation sites (N-methyl/N-ethyl adjacent to an activating group) is 1. The van der Waals surface area contributed by atoms with Gasteiger partial charge in [0.25, 0.3) is 0 Å². The molecule has 120 valence electrons. The first-order valence-corrected chi connectivity index (χ1v) is 7.45. The van der Waals surface area contributed by atoms with Crippen LogP contribution < -0.4 is 5.32 Å². The van der Waals surface area contributed by atoms with Gasteiger partial charge in [-0.2, -0.15) is 0 Å². The normalized spacial score (nSPS) is 14.1. The zero-order chi connectivity index (χ0) is 16.4. The highest BCUT2D eigenvalue weighted by Gasteiger charge is 2.24. The zero-order valence-electron chi connectivity index (χ0n) is 12.7. The molecular formula is C18H18F2N2O. The van der Waals surface area contributed by atoms with Crippen LogP contribution in [0.25, 0.3) is 10.9 Å². The van der Waals surface area contributed by atoms with Crippen LogP contribution >= 0.6 is 0 Å². The molecule has 0 aliphatic rings. The molecule has 2 aromatic carbocycles. The first kappa shape index (κ1) is 15.6. The molecule has 3 nitrogen and oxygen atoms in total. The summed E-state index contributed by atoms with van der Waals surface area (Å²) in [7, 11) is 1.74. The Bertz CT molecular complexity index is 816. The smallest absolute Gasteiger partial charge is 0.159 e. The molecule has 0 aliphatic carbocycles.